The molecule has 2 aromatic carbocycles. The number of nitrogens with one attached hydrogen (secondary N) is 1. The molecule has 0 saturated heterocycles. The molecular formula is C16H15F2NO3. The molecule has 0 aliphatic heterocycles. The molecule has 116 valence electrons. The van der Waals surface area contributed by atoms with Crippen molar-refractivity contribution in [2.75, 3.05) is 14.2 Å². The van der Waals surface area contributed by atoms with Crippen molar-refractivity contribution in [1.82, 2.24) is 5.32 Å². The highest BCUT2D eigenvalue weighted by atomic mass is 19.1. The van der Waals surface area contributed by atoms with E-state index in [2.05, 4.69) is 5.32 Å². The van der Waals surface area contributed by atoms with Gasteiger partial charge in [0.15, 0.2) is 11.5 Å². The minimum atomic E-state index is -0.781. The highest BCUT2D eigenvalue weighted by molar-refractivity contribution is 5.94. The predicted octanol–water partition coefficient (Wildman–Crippen LogP) is 2.91. The summed E-state index contributed by atoms with van der Waals surface area (Å²) in [4.78, 5) is 12.0. The molecule has 0 bridgehead atoms. The topological polar surface area (TPSA) is 47.6 Å². The third-order valence-electron chi connectivity index (χ3n) is 3.10. The summed E-state index contributed by atoms with van der Waals surface area (Å²) in [5.74, 6) is -1.17. The van der Waals surface area contributed by atoms with Crippen LogP contribution in [0.1, 0.15) is 15.9 Å². The Bertz CT molecular complexity index is 689. The molecule has 1 N–H and O–H groups in total. The second-order valence-electron chi connectivity index (χ2n) is 4.46. The Kier molecular flexibility index (Phi) is 4.93. The van der Waals surface area contributed by atoms with Crippen molar-refractivity contribution >= 4 is 5.91 Å². The summed E-state index contributed by atoms with van der Waals surface area (Å²) < 4.78 is 37.0. The maximum Gasteiger partial charge on any atom is 0.254 e. The summed E-state index contributed by atoms with van der Waals surface area (Å²) in [5.41, 5.74) is 0.314. The molecule has 0 fully saturated rings. The van der Waals surface area contributed by atoms with Crippen LogP contribution in [0.5, 0.6) is 11.5 Å². The molecule has 6 heteroatoms. The van der Waals surface area contributed by atoms with Crippen LogP contribution in [0.25, 0.3) is 0 Å². The molecule has 1 amide bonds. The number of rotatable bonds is 5. The third kappa shape index (κ3) is 3.33. The molecule has 0 heterocycles. The van der Waals surface area contributed by atoms with E-state index in [9.17, 15) is 13.6 Å². The zero-order chi connectivity index (χ0) is 16.1. The van der Waals surface area contributed by atoms with Gasteiger partial charge in [-0.25, -0.2) is 8.78 Å². The number of benzene rings is 2. The number of hydrogen-bond acceptors (Lipinski definition) is 3. The molecule has 0 radical (unpaired) electrons. The van der Waals surface area contributed by atoms with Crippen molar-refractivity contribution in [2.24, 2.45) is 0 Å². The van der Waals surface area contributed by atoms with Crippen LogP contribution >= 0.6 is 0 Å². The Morgan fingerprint density at radius 1 is 1.14 bits per heavy atom. The summed E-state index contributed by atoms with van der Waals surface area (Å²) in [7, 11) is 2.98. The lowest BCUT2D eigenvalue weighted by molar-refractivity contribution is 0.0946. The minimum Gasteiger partial charge on any atom is -0.493 e. The number of methoxy groups -OCH3 is 2. The maximum atomic E-state index is 13.5. The molecule has 0 atom stereocenters. The van der Waals surface area contributed by atoms with Crippen LogP contribution in [0.4, 0.5) is 8.78 Å². The first kappa shape index (κ1) is 15.8. The molecule has 0 spiro atoms. The Morgan fingerprint density at radius 3 is 2.59 bits per heavy atom. The number of ether oxygens (including phenoxy) is 2. The highest BCUT2D eigenvalue weighted by Crippen LogP contribution is 2.30. The van der Waals surface area contributed by atoms with Crippen molar-refractivity contribution in [3.8, 4) is 11.5 Å². The quantitative estimate of drug-likeness (QED) is 0.924. The average Bonchev–Trinajstić information content (AvgIpc) is 2.54. The lowest BCUT2D eigenvalue weighted by atomic mass is 10.1. The summed E-state index contributed by atoms with van der Waals surface area (Å²) in [6, 6.07) is 7.92. The van der Waals surface area contributed by atoms with Gasteiger partial charge in [0.05, 0.1) is 19.8 Å². The number of carbonyl (C=O) groups excluding carboxylic acids is 1. The van der Waals surface area contributed by atoms with E-state index in [4.69, 9.17) is 9.47 Å². The molecule has 2 aromatic rings. The van der Waals surface area contributed by atoms with Gasteiger partial charge in [-0.1, -0.05) is 12.1 Å². The first-order valence-electron chi connectivity index (χ1n) is 6.50. The van der Waals surface area contributed by atoms with Gasteiger partial charge in [-0.15, -0.1) is 0 Å². The number of halogens is 2. The van der Waals surface area contributed by atoms with Crippen molar-refractivity contribution in [2.45, 2.75) is 6.54 Å². The van der Waals surface area contributed by atoms with Gasteiger partial charge in [0.2, 0.25) is 0 Å². The number of hydrogen-bond donors (Lipinski definition) is 1. The second kappa shape index (κ2) is 6.89. The van der Waals surface area contributed by atoms with Gasteiger partial charge >= 0.3 is 0 Å². The van der Waals surface area contributed by atoms with Crippen LogP contribution in [-0.2, 0) is 6.54 Å². The fourth-order valence-electron chi connectivity index (χ4n) is 2.04. The molecular weight excluding hydrogens is 292 g/mol. The normalized spacial score (nSPS) is 10.2. The minimum absolute atomic E-state index is 0.0924. The third-order valence-corrected chi connectivity index (χ3v) is 3.10. The summed E-state index contributed by atoms with van der Waals surface area (Å²) in [5, 5.41) is 2.53. The van der Waals surface area contributed by atoms with Gasteiger partial charge in [0.1, 0.15) is 11.6 Å². The average molecular weight is 307 g/mol. The summed E-state index contributed by atoms with van der Waals surface area (Å²) >= 11 is 0. The van der Waals surface area contributed by atoms with Crippen LogP contribution in [0.2, 0.25) is 0 Å². The van der Waals surface area contributed by atoms with Gasteiger partial charge in [0, 0.05) is 12.1 Å². The zero-order valence-electron chi connectivity index (χ0n) is 12.2. The lowest BCUT2D eigenvalue weighted by Gasteiger charge is -2.13. The van der Waals surface area contributed by atoms with Gasteiger partial charge in [0.25, 0.3) is 5.91 Å². The van der Waals surface area contributed by atoms with E-state index in [1.807, 2.05) is 0 Å². The molecule has 0 aromatic heterocycles. The van der Waals surface area contributed by atoms with Crippen LogP contribution in [0.15, 0.2) is 36.4 Å². The Hall–Kier alpha value is -2.63. The monoisotopic (exact) mass is 307 g/mol. The van der Waals surface area contributed by atoms with Crippen LogP contribution in [-0.4, -0.2) is 20.1 Å². The van der Waals surface area contributed by atoms with Crippen LogP contribution < -0.4 is 14.8 Å². The van der Waals surface area contributed by atoms with Gasteiger partial charge in [-0.3, -0.25) is 4.79 Å². The fraction of sp³-hybridized carbons (Fsp3) is 0.188. The van der Waals surface area contributed by atoms with Crippen molar-refractivity contribution in [1.29, 1.82) is 0 Å². The van der Waals surface area contributed by atoms with Gasteiger partial charge < -0.3 is 14.8 Å². The van der Waals surface area contributed by atoms with Crippen molar-refractivity contribution < 1.29 is 23.0 Å². The van der Waals surface area contributed by atoms with E-state index in [0.717, 1.165) is 18.2 Å². The number of para-hydroxylation sites is 1. The van der Waals surface area contributed by atoms with Gasteiger partial charge in [-0.2, -0.15) is 0 Å². The molecule has 0 aliphatic carbocycles. The molecule has 0 aliphatic rings. The highest BCUT2D eigenvalue weighted by Gasteiger charge is 2.14. The van der Waals surface area contributed by atoms with Crippen molar-refractivity contribution in [3.05, 3.63) is 59.2 Å². The SMILES string of the molecule is COc1cccc(CNC(=O)c2cc(F)ccc2F)c1OC. The first-order chi connectivity index (χ1) is 10.6. The summed E-state index contributed by atoms with van der Waals surface area (Å²) in [6.07, 6.45) is 0. The number of amides is 1. The fourth-order valence-corrected chi connectivity index (χ4v) is 2.04. The standard InChI is InChI=1S/C16H15F2NO3/c1-21-14-5-3-4-10(15(14)22-2)9-19-16(20)12-8-11(17)6-7-13(12)18/h3-8H,9H2,1-2H3,(H,19,20). The van der Waals surface area contributed by atoms with E-state index in [0.29, 0.717) is 17.1 Å². The Balaban J connectivity index is 2.16. The van der Waals surface area contributed by atoms with E-state index >= 15 is 0 Å². The van der Waals surface area contributed by atoms with E-state index in [-0.39, 0.29) is 12.1 Å². The largest absolute Gasteiger partial charge is 0.493 e. The van der Waals surface area contributed by atoms with Crippen LogP contribution in [0, 0.1) is 11.6 Å². The van der Waals surface area contributed by atoms with E-state index in [1.165, 1.54) is 14.2 Å². The smallest absolute Gasteiger partial charge is 0.254 e. The van der Waals surface area contributed by atoms with Crippen LogP contribution in [0.3, 0.4) is 0 Å². The Labute approximate surface area is 126 Å². The summed E-state index contributed by atoms with van der Waals surface area (Å²) in [6.45, 7) is 0.0924. The van der Waals surface area contributed by atoms with Gasteiger partial charge in [-0.05, 0) is 24.3 Å². The molecule has 0 unspecified atom stereocenters. The molecule has 0 saturated carbocycles. The maximum absolute atomic E-state index is 13.5. The second-order valence-corrected chi connectivity index (χ2v) is 4.46. The zero-order valence-corrected chi connectivity index (χ0v) is 12.2. The molecule has 22 heavy (non-hydrogen) atoms. The van der Waals surface area contributed by atoms with E-state index < -0.39 is 17.5 Å². The molecule has 4 nitrogen and oxygen atoms in total. The van der Waals surface area contributed by atoms with Crippen molar-refractivity contribution in [3.63, 3.8) is 0 Å². The first-order valence-corrected chi connectivity index (χ1v) is 6.50. The predicted molar refractivity (Wildman–Crippen MR) is 77.1 cm³/mol. The lowest BCUT2D eigenvalue weighted by Crippen LogP contribution is -2.24. The molecule has 2 rings (SSSR count). The number of carbonyl (C=O) groups is 1. The van der Waals surface area contributed by atoms with E-state index in [1.54, 1.807) is 18.2 Å². The Morgan fingerprint density at radius 2 is 1.91 bits per heavy atom.